The third kappa shape index (κ3) is 5.09. The van der Waals surface area contributed by atoms with Crippen molar-refractivity contribution in [3.63, 3.8) is 0 Å². The number of benzene rings is 1. The molecule has 1 fully saturated rings. The average Bonchev–Trinajstić information content (AvgIpc) is 3.24. The minimum Gasteiger partial charge on any atom is -0.464 e. The molecule has 34 heavy (non-hydrogen) atoms. The van der Waals surface area contributed by atoms with Gasteiger partial charge in [-0.2, -0.15) is 0 Å². The first-order chi connectivity index (χ1) is 15.4. The maximum absolute atomic E-state index is 7.13. The van der Waals surface area contributed by atoms with Gasteiger partial charge in [-0.3, -0.25) is 0 Å². The number of hydrogen-bond donors (Lipinski definition) is 1. The first-order valence-electron chi connectivity index (χ1n) is 12.3. The lowest BCUT2D eigenvalue weighted by Crippen LogP contribution is -2.47. The Morgan fingerprint density at radius 2 is 1.68 bits per heavy atom. The zero-order valence-electron chi connectivity index (χ0n) is 22.9. The molecule has 2 aromatic rings. The highest BCUT2D eigenvalue weighted by Crippen LogP contribution is 2.44. The van der Waals surface area contributed by atoms with Gasteiger partial charge >= 0.3 is 7.12 Å². The van der Waals surface area contributed by atoms with Crippen molar-refractivity contribution in [2.75, 3.05) is 6.61 Å². The first-order valence-corrected chi connectivity index (χ1v) is 15.2. The summed E-state index contributed by atoms with van der Waals surface area (Å²) >= 11 is 0. The number of furan rings is 1. The summed E-state index contributed by atoms with van der Waals surface area (Å²) in [6, 6.07) is 8.10. The van der Waals surface area contributed by atoms with Gasteiger partial charge in [0.2, 0.25) is 0 Å². The predicted octanol–water partition coefficient (Wildman–Crippen LogP) is 6.82. The van der Waals surface area contributed by atoms with Crippen molar-refractivity contribution in [1.82, 2.24) is 0 Å². The van der Waals surface area contributed by atoms with Crippen LogP contribution in [-0.4, -0.2) is 33.2 Å². The second-order valence-corrected chi connectivity index (χ2v) is 17.4. The molecular weight excluding hydrogens is 441 g/mol. The van der Waals surface area contributed by atoms with Crippen LogP contribution in [0.5, 0.6) is 0 Å². The number of fused-ring (bicyclic) bond motifs is 1. The van der Waals surface area contributed by atoms with Crippen LogP contribution >= 0.6 is 0 Å². The molecule has 0 unspecified atom stereocenters. The monoisotopic (exact) mass is 485 g/mol. The summed E-state index contributed by atoms with van der Waals surface area (Å²) in [7, 11) is -2.42. The lowest BCUT2D eigenvalue weighted by molar-refractivity contribution is 0.00578. The van der Waals surface area contributed by atoms with Crippen molar-refractivity contribution in [2.45, 2.75) is 96.7 Å². The Morgan fingerprint density at radius 1 is 1.09 bits per heavy atom. The molecule has 0 saturated carbocycles. The fourth-order valence-corrected chi connectivity index (χ4v) is 5.24. The van der Waals surface area contributed by atoms with E-state index in [0.29, 0.717) is 6.61 Å². The quantitative estimate of drug-likeness (QED) is 0.416. The van der Waals surface area contributed by atoms with Crippen LogP contribution in [0.15, 0.2) is 47.0 Å². The molecule has 1 aliphatic rings. The largest absolute Gasteiger partial charge is 0.490 e. The number of rotatable bonds is 8. The molecule has 2 heterocycles. The van der Waals surface area contributed by atoms with Gasteiger partial charge < -0.3 is 23.9 Å². The molecule has 2 atom stereocenters. The second kappa shape index (κ2) is 8.93. The van der Waals surface area contributed by atoms with Crippen molar-refractivity contribution >= 4 is 26.4 Å². The van der Waals surface area contributed by atoms with E-state index < -0.39 is 32.2 Å². The van der Waals surface area contributed by atoms with Gasteiger partial charge in [0.05, 0.1) is 17.5 Å². The summed E-state index contributed by atoms with van der Waals surface area (Å²) in [5.74, 6) is -0.115. The molecule has 1 aliphatic heterocycles. The van der Waals surface area contributed by atoms with Crippen LogP contribution in [0.1, 0.15) is 67.4 Å². The maximum atomic E-state index is 7.13. The predicted molar refractivity (Wildman–Crippen MR) is 144 cm³/mol. The molecule has 0 bridgehead atoms. The van der Waals surface area contributed by atoms with E-state index in [1.807, 2.05) is 18.2 Å². The van der Waals surface area contributed by atoms with Gasteiger partial charge in [0.15, 0.2) is 8.32 Å². The lowest BCUT2D eigenvalue weighted by atomic mass is 9.63. The van der Waals surface area contributed by atoms with Gasteiger partial charge in [0.1, 0.15) is 5.58 Å². The molecule has 2 N–H and O–H groups in total. The fraction of sp³-hybridized carbons (Fsp3) is 0.630. The molecule has 1 saturated heterocycles. The van der Waals surface area contributed by atoms with E-state index in [0.717, 1.165) is 28.4 Å². The number of nitrogens with two attached hydrogens (primary N) is 1. The van der Waals surface area contributed by atoms with Crippen LogP contribution in [0.4, 0.5) is 0 Å². The first kappa shape index (κ1) is 27.2. The molecular formula is C27H44BNO4Si. The summed E-state index contributed by atoms with van der Waals surface area (Å²) in [6.07, 6.45) is 2.43. The smallest absolute Gasteiger partial charge is 0.464 e. The third-order valence-electron chi connectivity index (χ3n) is 8.48. The summed E-state index contributed by atoms with van der Waals surface area (Å²) in [5.41, 5.74) is 8.28. The summed E-state index contributed by atoms with van der Waals surface area (Å²) < 4.78 is 24.8. The SMILES string of the molecule is C=C(B1OC(C)(C)C(C)(C)O1)[C@H](CCO[Si](C)(C)C(C)(C)C)[C@@](C)(N)c1ccc2occc2c1. The normalized spacial score (nSPS) is 21.0. The van der Waals surface area contributed by atoms with Crippen molar-refractivity contribution in [3.8, 4) is 0 Å². The van der Waals surface area contributed by atoms with Crippen LogP contribution in [0, 0.1) is 5.92 Å². The molecule has 3 rings (SSSR count). The Morgan fingerprint density at radius 3 is 2.24 bits per heavy atom. The van der Waals surface area contributed by atoms with Gasteiger partial charge in [-0.05, 0) is 88.4 Å². The average molecular weight is 486 g/mol. The summed E-state index contributed by atoms with van der Waals surface area (Å²) in [4.78, 5) is 0. The minimum absolute atomic E-state index is 0.115. The minimum atomic E-state index is -1.89. The molecule has 7 heteroatoms. The highest BCUT2D eigenvalue weighted by Gasteiger charge is 2.54. The van der Waals surface area contributed by atoms with Crippen LogP contribution in [0.3, 0.4) is 0 Å². The molecule has 0 amide bonds. The Kier molecular flexibility index (Phi) is 7.15. The molecule has 0 spiro atoms. The Hall–Kier alpha value is -1.38. The van der Waals surface area contributed by atoms with E-state index >= 15 is 0 Å². The summed E-state index contributed by atoms with van der Waals surface area (Å²) in [5, 5.41) is 1.18. The van der Waals surface area contributed by atoms with Crippen molar-refractivity contribution in [2.24, 2.45) is 11.7 Å². The molecule has 0 aliphatic carbocycles. The molecule has 0 radical (unpaired) electrons. The van der Waals surface area contributed by atoms with E-state index in [4.69, 9.17) is 23.9 Å². The molecule has 5 nitrogen and oxygen atoms in total. The van der Waals surface area contributed by atoms with E-state index in [-0.39, 0.29) is 11.0 Å². The van der Waals surface area contributed by atoms with Crippen LogP contribution in [0.25, 0.3) is 11.0 Å². The summed E-state index contributed by atoms with van der Waals surface area (Å²) in [6.45, 7) is 26.7. The van der Waals surface area contributed by atoms with E-state index in [1.165, 1.54) is 0 Å². The van der Waals surface area contributed by atoms with E-state index in [9.17, 15) is 0 Å². The van der Waals surface area contributed by atoms with Gasteiger partial charge in [-0.1, -0.05) is 26.8 Å². The van der Waals surface area contributed by atoms with Crippen molar-refractivity contribution in [3.05, 3.63) is 48.1 Å². The third-order valence-corrected chi connectivity index (χ3v) is 13.0. The molecule has 1 aromatic carbocycles. The standard InChI is InChI=1S/C27H44BNO4Si/c1-19(28-32-25(5,6)26(7,8)33-28)22(15-17-31-34(10,11)24(2,3)4)27(9,29)21-12-13-23-20(18-21)14-16-30-23/h12-14,16,18,22H,1,15,17,29H2,2-11H3/t22-,27-/m0/s1. The Labute approximate surface area is 207 Å². The topological polar surface area (TPSA) is 66.8 Å². The van der Waals surface area contributed by atoms with Crippen molar-refractivity contribution in [1.29, 1.82) is 0 Å². The van der Waals surface area contributed by atoms with Crippen molar-refractivity contribution < 1.29 is 18.2 Å². The lowest BCUT2D eigenvalue weighted by Gasteiger charge is -2.39. The Bertz CT molecular complexity index is 1020. The van der Waals surface area contributed by atoms with Crippen LogP contribution in [0.2, 0.25) is 18.1 Å². The van der Waals surface area contributed by atoms with Gasteiger partial charge in [-0.25, -0.2) is 0 Å². The van der Waals surface area contributed by atoms with Crippen LogP contribution in [-0.2, 0) is 19.3 Å². The van der Waals surface area contributed by atoms with Gasteiger partial charge in [0.25, 0.3) is 0 Å². The zero-order valence-corrected chi connectivity index (χ0v) is 23.9. The second-order valence-electron chi connectivity index (χ2n) is 12.6. The van der Waals surface area contributed by atoms with Crippen LogP contribution < -0.4 is 5.73 Å². The Balaban J connectivity index is 1.91. The maximum Gasteiger partial charge on any atom is 0.490 e. The highest BCUT2D eigenvalue weighted by atomic mass is 28.4. The fourth-order valence-electron chi connectivity index (χ4n) is 4.18. The number of hydrogen-bond acceptors (Lipinski definition) is 5. The van der Waals surface area contributed by atoms with Gasteiger partial charge in [0, 0.05) is 23.4 Å². The van der Waals surface area contributed by atoms with E-state index in [1.54, 1.807) is 6.26 Å². The molecule has 1 aromatic heterocycles. The van der Waals surface area contributed by atoms with Gasteiger partial charge in [-0.15, -0.1) is 6.58 Å². The van der Waals surface area contributed by atoms with E-state index in [2.05, 4.69) is 81.1 Å². The highest BCUT2D eigenvalue weighted by molar-refractivity contribution is 6.74. The molecule has 188 valence electrons. The zero-order chi connectivity index (χ0) is 25.7.